The van der Waals surface area contributed by atoms with Crippen LogP contribution in [0.4, 0.5) is 17.2 Å². The van der Waals surface area contributed by atoms with Gasteiger partial charge in [0.1, 0.15) is 0 Å². The van der Waals surface area contributed by atoms with Gasteiger partial charge >= 0.3 is 0 Å². The number of rotatable bonds is 2. The van der Waals surface area contributed by atoms with Crippen molar-refractivity contribution in [2.75, 3.05) is 11.1 Å². The van der Waals surface area contributed by atoms with Crippen molar-refractivity contribution in [3.05, 3.63) is 42.9 Å². The van der Waals surface area contributed by atoms with E-state index in [4.69, 9.17) is 5.73 Å². The molecule has 0 fully saturated rings. The summed E-state index contributed by atoms with van der Waals surface area (Å²) in [5.74, 6) is 0.661. The fourth-order valence-corrected chi connectivity index (χ4v) is 1.95. The maximum Gasteiger partial charge on any atom is 0.175 e. The number of benzene rings is 1. The number of nitrogens with zero attached hydrogens (tertiary/aromatic N) is 3. The number of pyridine rings is 1. The van der Waals surface area contributed by atoms with E-state index < -0.39 is 0 Å². The number of nitrogens with two attached hydrogens (primary N) is 1. The molecule has 90 valence electrons. The smallest absolute Gasteiger partial charge is 0.175 e. The fraction of sp³-hybridized carbons (Fsp3) is 0.0769. The highest BCUT2D eigenvalue weighted by Crippen LogP contribution is 2.27. The predicted molar refractivity (Wildman–Crippen MR) is 72.6 cm³/mol. The molecule has 5 nitrogen and oxygen atoms in total. The number of hydrogen-bond acceptors (Lipinski definition) is 4. The third kappa shape index (κ3) is 1.75. The molecule has 0 radical (unpaired) electrons. The molecule has 2 heterocycles. The zero-order chi connectivity index (χ0) is 12.5. The van der Waals surface area contributed by atoms with Gasteiger partial charge in [0, 0.05) is 36.7 Å². The number of anilines is 3. The number of nitrogen functional groups attached to an aromatic ring is 1. The summed E-state index contributed by atoms with van der Waals surface area (Å²) < 4.78 is 1.68. The standard InChI is InChI=1S/C13H13N5/c1-18-8-11(14)13(17-18)16-12-4-2-3-9-5-6-15-7-10(9)12/h2-8H,14H2,1H3,(H,16,17). The lowest BCUT2D eigenvalue weighted by molar-refractivity contribution is 0.771. The van der Waals surface area contributed by atoms with Gasteiger partial charge in [0.15, 0.2) is 5.82 Å². The minimum Gasteiger partial charge on any atom is -0.394 e. The molecule has 0 amide bonds. The molecule has 0 saturated heterocycles. The highest BCUT2D eigenvalue weighted by atomic mass is 15.3. The van der Waals surface area contributed by atoms with Gasteiger partial charge in [0.25, 0.3) is 0 Å². The van der Waals surface area contributed by atoms with Crippen LogP contribution in [0.3, 0.4) is 0 Å². The van der Waals surface area contributed by atoms with Gasteiger partial charge in [-0.15, -0.1) is 0 Å². The average molecular weight is 239 g/mol. The molecule has 0 spiro atoms. The quantitative estimate of drug-likeness (QED) is 0.720. The Labute approximate surface area is 104 Å². The van der Waals surface area contributed by atoms with Crippen molar-refractivity contribution in [1.82, 2.24) is 14.8 Å². The van der Waals surface area contributed by atoms with Crippen LogP contribution in [0.1, 0.15) is 0 Å². The Kier molecular flexibility index (Phi) is 2.37. The van der Waals surface area contributed by atoms with E-state index in [1.165, 1.54) is 0 Å². The van der Waals surface area contributed by atoms with E-state index in [1.807, 2.05) is 37.5 Å². The van der Waals surface area contributed by atoms with Crippen LogP contribution in [0.25, 0.3) is 10.8 Å². The molecule has 0 aliphatic heterocycles. The summed E-state index contributed by atoms with van der Waals surface area (Å²) in [7, 11) is 1.84. The minimum absolute atomic E-state index is 0.624. The van der Waals surface area contributed by atoms with Crippen molar-refractivity contribution in [3.63, 3.8) is 0 Å². The van der Waals surface area contributed by atoms with Crippen LogP contribution in [-0.2, 0) is 7.05 Å². The van der Waals surface area contributed by atoms with E-state index in [1.54, 1.807) is 17.1 Å². The molecule has 3 N–H and O–H groups in total. The summed E-state index contributed by atoms with van der Waals surface area (Å²) in [6.07, 6.45) is 5.38. The van der Waals surface area contributed by atoms with Crippen molar-refractivity contribution < 1.29 is 0 Å². The molecule has 5 heteroatoms. The Bertz CT molecular complexity index is 696. The summed E-state index contributed by atoms with van der Waals surface area (Å²) in [4.78, 5) is 4.15. The number of hydrogen-bond donors (Lipinski definition) is 2. The molecule has 0 atom stereocenters. The van der Waals surface area contributed by atoms with Gasteiger partial charge in [-0.1, -0.05) is 12.1 Å². The monoisotopic (exact) mass is 239 g/mol. The highest BCUT2D eigenvalue weighted by Gasteiger charge is 2.06. The van der Waals surface area contributed by atoms with E-state index >= 15 is 0 Å². The maximum atomic E-state index is 5.87. The lowest BCUT2D eigenvalue weighted by atomic mass is 10.1. The second-order valence-electron chi connectivity index (χ2n) is 4.13. The van der Waals surface area contributed by atoms with Crippen molar-refractivity contribution in [2.45, 2.75) is 0 Å². The predicted octanol–water partition coefficient (Wildman–Crippen LogP) is 2.29. The van der Waals surface area contributed by atoms with E-state index in [0.29, 0.717) is 11.5 Å². The Morgan fingerprint density at radius 1 is 1.28 bits per heavy atom. The van der Waals surface area contributed by atoms with Crippen LogP contribution in [-0.4, -0.2) is 14.8 Å². The first-order valence-corrected chi connectivity index (χ1v) is 5.63. The Balaban J connectivity index is 2.07. The average Bonchev–Trinajstić information content (AvgIpc) is 2.68. The van der Waals surface area contributed by atoms with Crippen molar-refractivity contribution in [2.24, 2.45) is 7.05 Å². The Hall–Kier alpha value is -2.56. The third-order valence-electron chi connectivity index (χ3n) is 2.79. The van der Waals surface area contributed by atoms with Gasteiger partial charge in [-0.05, 0) is 17.5 Å². The Morgan fingerprint density at radius 3 is 2.94 bits per heavy atom. The van der Waals surface area contributed by atoms with Gasteiger partial charge in [-0.25, -0.2) is 0 Å². The van der Waals surface area contributed by atoms with E-state index in [9.17, 15) is 0 Å². The maximum absolute atomic E-state index is 5.87. The van der Waals surface area contributed by atoms with E-state index in [2.05, 4.69) is 15.4 Å². The van der Waals surface area contributed by atoms with Crippen molar-refractivity contribution in [3.8, 4) is 0 Å². The van der Waals surface area contributed by atoms with Gasteiger partial charge in [0.2, 0.25) is 0 Å². The zero-order valence-corrected chi connectivity index (χ0v) is 9.96. The van der Waals surface area contributed by atoms with E-state index in [-0.39, 0.29) is 0 Å². The van der Waals surface area contributed by atoms with Crippen LogP contribution in [0.5, 0.6) is 0 Å². The summed E-state index contributed by atoms with van der Waals surface area (Å²) in [5.41, 5.74) is 7.45. The molecule has 2 aromatic heterocycles. The topological polar surface area (TPSA) is 68.8 Å². The first kappa shape index (κ1) is 10.6. The SMILES string of the molecule is Cn1cc(N)c(Nc2cccc3ccncc23)n1. The summed E-state index contributed by atoms with van der Waals surface area (Å²) in [6, 6.07) is 7.99. The fourth-order valence-electron chi connectivity index (χ4n) is 1.95. The van der Waals surface area contributed by atoms with Crippen molar-refractivity contribution in [1.29, 1.82) is 0 Å². The third-order valence-corrected chi connectivity index (χ3v) is 2.79. The molecular formula is C13H13N5. The van der Waals surface area contributed by atoms with Crippen LogP contribution in [0, 0.1) is 0 Å². The van der Waals surface area contributed by atoms with Gasteiger partial charge in [0.05, 0.1) is 5.69 Å². The normalized spacial score (nSPS) is 10.7. The lowest BCUT2D eigenvalue weighted by Gasteiger charge is -2.07. The highest BCUT2D eigenvalue weighted by molar-refractivity contribution is 5.95. The van der Waals surface area contributed by atoms with Gasteiger partial charge < -0.3 is 11.1 Å². The summed E-state index contributed by atoms with van der Waals surface area (Å²) in [5, 5.41) is 9.69. The van der Waals surface area contributed by atoms with Crippen LogP contribution in [0.15, 0.2) is 42.9 Å². The molecule has 0 unspecified atom stereocenters. The summed E-state index contributed by atoms with van der Waals surface area (Å²) in [6.45, 7) is 0. The molecule has 0 saturated carbocycles. The molecule has 0 aliphatic rings. The second kappa shape index (κ2) is 4.03. The molecule has 3 rings (SSSR count). The van der Waals surface area contributed by atoms with Gasteiger partial charge in [-0.3, -0.25) is 9.67 Å². The van der Waals surface area contributed by atoms with Crippen molar-refractivity contribution >= 4 is 28.0 Å². The second-order valence-corrected chi connectivity index (χ2v) is 4.13. The van der Waals surface area contributed by atoms with Crippen LogP contribution >= 0.6 is 0 Å². The molecular weight excluding hydrogens is 226 g/mol. The van der Waals surface area contributed by atoms with Crippen LogP contribution in [0.2, 0.25) is 0 Å². The van der Waals surface area contributed by atoms with Crippen LogP contribution < -0.4 is 11.1 Å². The zero-order valence-electron chi connectivity index (χ0n) is 9.96. The number of aryl methyl sites for hydroxylation is 1. The first-order chi connectivity index (χ1) is 8.74. The van der Waals surface area contributed by atoms with E-state index in [0.717, 1.165) is 16.5 Å². The lowest BCUT2D eigenvalue weighted by Crippen LogP contribution is -1.96. The summed E-state index contributed by atoms with van der Waals surface area (Å²) >= 11 is 0. The molecule has 0 bridgehead atoms. The first-order valence-electron chi connectivity index (χ1n) is 5.63. The number of nitrogens with one attached hydrogen (secondary N) is 1. The Morgan fingerprint density at radius 2 is 2.17 bits per heavy atom. The molecule has 18 heavy (non-hydrogen) atoms. The molecule has 0 aliphatic carbocycles. The number of fused-ring (bicyclic) bond motifs is 1. The largest absolute Gasteiger partial charge is 0.394 e. The molecule has 1 aromatic carbocycles. The number of aromatic nitrogens is 3. The van der Waals surface area contributed by atoms with Gasteiger partial charge in [-0.2, -0.15) is 5.10 Å². The molecule has 3 aromatic rings. The minimum atomic E-state index is 0.624.